The molecule has 0 spiro atoms. The highest BCUT2D eigenvalue weighted by atomic mass is 16.5. The SMILES string of the molecule is CCCC.Cc1ccc(OC(C)C)cn1. The zero-order valence-corrected chi connectivity index (χ0v) is 10.6. The summed E-state index contributed by atoms with van der Waals surface area (Å²) in [5.74, 6) is 0.839. The maximum atomic E-state index is 5.41. The van der Waals surface area contributed by atoms with E-state index < -0.39 is 0 Å². The van der Waals surface area contributed by atoms with E-state index in [-0.39, 0.29) is 6.10 Å². The maximum Gasteiger partial charge on any atom is 0.137 e. The number of hydrogen-bond acceptors (Lipinski definition) is 2. The first-order chi connectivity index (χ1) is 7.10. The number of unbranched alkanes of at least 4 members (excludes halogenated alkanes) is 1. The van der Waals surface area contributed by atoms with Gasteiger partial charge in [0.05, 0.1) is 12.3 Å². The third-order valence-electron chi connectivity index (χ3n) is 1.76. The van der Waals surface area contributed by atoms with E-state index in [9.17, 15) is 0 Å². The highest BCUT2D eigenvalue weighted by molar-refractivity contribution is 5.19. The van der Waals surface area contributed by atoms with Gasteiger partial charge in [-0.2, -0.15) is 0 Å². The summed E-state index contributed by atoms with van der Waals surface area (Å²) in [5.41, 5.74) is 1.01. The van der Waals surface area contributed by atoms with Crippen LogP contribution in [0.2, 0.25) is 0 Å². The van der Waals surface area contributed by atoms with Gasteiger partial charge >= 0.3 is 0 Å². The Hall–Kier alpha value is -1.05. The number of rotatable bonds is 3. The Morgan fingerprint density at radius 2 is 1.80 bits per heavy atom. The fraction of sp³-hybridized carbons (Fsp3) is 0.615. The van der Waals surface area contributed by atoms with Crippen LogP contribution in [0.1, 0.15) is 46.2 Å². The topological polar surface area (TPSA) is 22.1 Å². The number of nitrogens with zero attached hydrogens (tertiary/aromatic N) is 1. The van der Waals surface area contributed by atoms with Crippen LogP contribution < -0.4 is 4.74 Å². The number of aryl methyl sites for hydroxylation is 1. The maximum absolute atomic E-state index is 5.41. The summed E-state index contributed by atoms with van der Waals surface area (Å²) in [7, 11) is 0. The minimum absolute atomic E-state index is 0.222. The molecule has 1 aromatic rings. The van der Waals surface area contributed by atoms with Crippen LogP contribution in [0.3, 0.4) is 0 Å². The molecule has 0 aliphatic heterocycles. The third-order valence-corrected chi connectivity index (χ3v) is 1.76. The average molecular weight is 209 g/mol. The van der Waals surface area contributed by atoms with Gasteiger partial charge in [-0.05, 0) is 32.9 Å². The van der Waals surface area contributed by atoms with Gasteiger partial charge in [-0.3, -0.25) is 4.98 Å². The predicted octanol–water partition coefficient (Wildman–Crippen LogP) is 3.98. The van der Waals surface area contributed by atoms with E-state index >= 15 is 0 Å². The molecule has 0 unspecified atom stereocenters. The molecule has 86 valence electrons. The first-order valence-electron chi connectivity index (χ1n) is 5.69. The minimum Gasteiger partial charge on any atom is -0.489 e. The molecule has 0 bridgehead atoms. The van der Waals surface area contributed by atoms with Crippen molar-refractivity contribution >= 4 is 0 Å². The first kappa shape index (κ1) is 13.9. The predicted molar refractivity (Wildman–Crippen MR) is 65.3 cm³/mol. The van der Waals surface area contributed by atoms with Gasteiger partial charge in [-0.1, -0.05) is 26.7 Å². The van der Waals surface area contributed by atoms with Gasteiger partial charge < -0.3 is 4.74 Å². The van der Waals surface area contributed by atoms with Crippen molar-refractivity contribution in [2.75, 3.05) is 0 Å². The molecule has 1 heterocycles. The highest BCUT2D eigenvalue weighted by Gasteiger charge is 1.95. The van der Waals surface area contributed by atoms with Crippen molar-refractivity contribution in [1.29, 1.82) is 0 Å². The van der Waals surface area contributed by atoms with Gasteiger partial charge in [0.1, 0.15) is 5.75 Å². The largest absolute Gasteiger partial charge is 0.489 e. The lowest BCUT2D eigenvalue weighted by atomic mass is 10.3. The van der Waals surface area contributed by atoms with Gasteiger partial charge in [0.15, 0.2) is 0 Å². The van der Waals surface area contributed by atoms with E-state index in [1.54, 1.807) is 6.20 Å². The van der Waals surface area contributed by atoms with Crippen LogP contribution in [-0.2, 0) is 0 Å². The fourth-order valence-electron chi connectivity index (χ4n) is 0.796. The molecular weight excluding hydrogens is 186 g/mol. The molecule has 15 heavy (non-hydrogen) atoms. The second-order valence-corrected chi connectivity index (χ2v) is 3.80. The molecule has 0 saturated carbocycles. The van der Waals surface area contributed by atoms with Crippen LogP contribution >= 0.6 is 0 Å². The van der Waals surface area contributed by atoms with E-state index in [1.165, 1.54) is 12.8 Å². The van der Waals surface area contributed by atoms with Crippen molar-refractivity contribution in [2.45, 2.75) is 53.6 Å². The summed E-state index contributed by atoms with van der Waals surface area (Å²) in [6.07, 6.45) is 4.61. The van der Waals surface area contributed by atoms with Gasteiger partial charge in [-0.15, -0.1) is 0 Å². The average Bonchev–Trinajstić information content (AvgIpc) is 2.21. The summed E-state index contributed by atoms with van der Waals surface area (Å²) in [6.45, 7) is 10.3. The molecule has 1 aromatic heterocycles. The quantitative estimate of drug-likeness (QED) is 0.751. The molecule has 0 amide bonds. The van der Waals surface area contributed by atoms with Crippen LogP contribution in [-0.4, -0.2) is 11.1 Å². The Labute approximate surface area is 93.7 Å². The third kappa shape index (κ3) is 7.98. The summed E-state index contributed by atoms with van der Waals surface area (Å²) in [5, 5.41) is 0. The molecule has 0 N–H and O–H groups in total. The van der Waals surface area contributed by atoms with E-state index in [1.807, 2.05) is 32.9 Å². The van der Waals surface area contributed by atoms with Crippen LogP contribution in [0.5, 0.6) is 5.75 Å². The van der Waals surface area contributed by atoms with Gasteiger partial charge in [0.25, 0.3) is 0 Å². The molecule has 1 rings (SSSR count). The summed E-state index contributed by atoms with van der Waals surface area (Å²) < 4.78 is 5.41. The molecule has 2 heteroatoms. The zero-order valence-electron chi connectivity index (χ0n) is 10.6. The Bertz CT molecular complexity index is 239. The Kier molecular flexibility index (Phi) is 7.69. The van der Waals surface area contributed by atoms with Crippen LogP contribution in [0.15, 0.2) is 18.3 Å². The molecular formula is C13H23NO. The lowest BCUT2D eigenvalue weighted by molar-refractivity contribution is 0.241. The minimum atomic E-state index is 0.222. The second-order valence-electron chi connectivity index (χ2n) is 3.80. The van der Waals surface area contributed by atoms with Crippen LogP contribution in [0, 0.1) is 6.92 Å². The van der Waals surface area contributed by atoms with Crippen LogP contribution in [0.25, 0.3) is 0 Å². The van der Waals surface area contributed by atoms with Crippen molar-refractivity contribution in [3.63, 3.8) is 0 Å². The van der Waals surface area contributed by atoms with E-state index in [2.05, 4.69) is 18.8 Å². The monoisotopic (exact) mass is 209 g/mol. The molecule has 2 nitrogen and oxygen atoms in total. The van der Waals surface area contributed by atoms with Crippen molar-refractivity contribution in [3.05, 3.63) is 24.0 Å². The van der Waals surface area contributed by atoms with E-state index in [0.717, 1.165) is 11.4 Å². The molecule has 0 aliphatic rings. The van der Waals surface area contributed by atoms with Crippen LogP contribution in [0.4, 0.5) is 0 Å². The van der Waals surface area contributed by atoms with Crippen molar-refractivity contribution in [3.8, 4) is 5.75 Å². The Morgan fingerprint density at radius 3 is 2.13 bits per heavy atom. The molecule has 0 fully saturated rings. The number of ether oxygens (including phenoxy) is 1. The standard InChI is InChI=1S/C9H13NO.C4H10/c1-7(2)11-9-5-4-8(3)10-6-9;1-3-4-2/h4-7H,1-3H3;3-4H2,1-2H3. The molecule has 0 atom stereocenters. The molecule has 0 saturated heterocycles. The Balaban J connectivity index is 0.000000423. The van der Waals surface area contributed by atoms with Gasteiger partial charge in [0.2, 0.25) is 0 Å². The van der Waals surface area contributed by atoms with E-state index in [0.29, 0.717) is 0 Å². The normalized spacial score (nSPS) is 9.47. The first-order valence-corrected chi connectivity index (χ1v) is 5.69. The number of aromatic nitrogens is 1. The number of pyridine rings is 1. The smallest absolute Gasteiger partial charge is 0.137 e. The van der Waals surface area contributed by atoms with Crippen molar-refractivity contribution in [1.82, 2.24) is 4.98 Å². The summed E-state index contributed by atoms with van der Waals surface area (Å²) >= 11 is 0. The second kappa shape index (κ2) is 8.27. The van der Waals surface area contributed by atoms with Gasteiger partial charge in [-0.25, -0.2) is 0 Å². The number of hydrogen-bond donors (Lipinski definition) is 0. The summed E-state index contributed by atoms with van der Waals surface area (Å²) in [6, 6.07) is 3.88. The Morgan fingerprint density at radius 1 is 1.20 bits per heavy atom. The molecule has 0 radical (unpaired) electrons. The van der Waals surface area contributed by atoms with Crippen molar-refractivity contribution < 1.29 is 4.74 Å². The molecule has 0 aliphatic carbocycles. The lowest BCUT2D eigenvalue weighted by Crippen LogP contribution is -2.05. The summed E-state index contributed by atoms with van der Waals surface area (Å²) in [4.78, 5) is 4.11. The van der Waals surface area contributed by atoms with Crippen molar-refractivity contribution in [2.24, 2.45) is 0 Å². The molecule has 0 aromatic carbocycles. The fourth-order valence-corrected chi connectivity index (χ4v) is 0.796. The van der Waals surface area contributed by atoms with Gasteiger partial charge in [0, 0.05) is 5.69 Å². The highest BCUT2D eigenvalue weighted by Crippen LogP contribution is 2.09. The van der Waals surface area contributed by atoms with E-state index in [4.69, 9.17) is 4.74 Å². The lowest BCUT2D eigenvalue weighted by Gasteiger charge is -2.08. The zero-order chi connectivity index (χ0) is 11.7.